The zero-order chi connectivity index (χ0) is 30.6. The summed E-state index contributed by atoms with van der Waals surface area (Å²) in [6, 6.07) is 12.6. The van der Waals surface area contributed by atoms with E-state index in [9.17, 15) is 23.1 Å². The Bertz CT molecular complexity index is 1770. The molecule has 43 heavy (non-hydrogen) atoms. The van der Waals surface area contributed by atoms with Gasteiger partial charge < -0.3 is 20.2 Å². The molecule has 5 heterocycles. The molecule has 5 rings (SSSR count). The van der Waals surface area contributed by atoms with Crippen molar-refractivity contribution >= 4 is 38.4 Å². The predicted octanol–water partition coefficient (Wildman–Crippen LogP) is 2.23. The van der Waals surface area contributed by atoms with Crippen LogP contribution in [0.15, 0.2) is 66.0 Å². The lowest BCUT2D eigenvalue weighted by Gasteiger charge is -2.31. The summed E-state index contributed by atoms with van der Waals surface area (Å²) < 4.78 is 23.6. The van der Waals surface area contributed by atoms with Crippen LogP contribution < -0.4 is 10.2 Å². The number of pyridine rings is 4. The summed E-state index contributed by atoms with van der Waals surface area (Å²) in [6.07, 6.45) is 6.37. The number of rotatable bonds is 9. The number of nitrogens with zero attached hydrogens (tertiary/aromatic N) is 6. The monoisotopic (exact) mass is 603 g/mol. The maximum Gasteiger partial charge on any atom is 0.253 e. The van der Waals surface area contributed by atoms with Gasteiger partial charge in [-0.1, -0.05) is 13.0 Å². The number of hydrogen-bond acceptors (Lipinski definition) is 10. The van der Waals surface area contributed by atoms with Gasteiger partial charge in [0.15, 0.2) is 9.84 Å². The van der Waals surface area contributed by atoms with Crippen LogP contribution in [0.25, 0.3) is 22.3 Å². The van der Waals surface area contributed by atoms with E-state index in [1.807, 2.05) is 37.3 Å². The van der Waals surface area contributed by atoms with Gasteiger partial charge in [-0.25, -0.2) is 18.4 Å². The van der Waals surface area contributed by atoms with Crippen LogP contribution in [0, 0.1) is 0 Å². The quantitative estimate of drug-likeness (QED) is 0.291. The summed E-state index contributed by atoms with van der Waals surface area (Å²) >= 11 is 0. The maximum atomic E-state index is 12.7. The fourth-order valence-electron chi connectivity index (χ4n) is 5.05. The van der Waals surface area contributed by atoms with E-state index < -0.39 is 15.7 Å². The highest BCUT2D eigenvalue weighted by Crippen LogP contribution is 2.24. The molecule has 0 bridgehead atoms. The fraction of sp³-hybridized carbons (Fsp3) is 0.333. The molecule has 2 amide bonds. The van der Waals surface area contributed by atoms with Crippen molar-refractivity contribution in [2.75, 3.05) is 37.4 Å². The third-order valence-electron chi connectivity index (χ3n) is 7.38. The topological polar surface area (TPSA) is 159 Å². The van der Waals surface area contributed by atoms with E-state index in [0.29, 0.717) is 48.7 Å². The summed E-state index contributed by atoms with van der Waals surface area (Å²) in [5, 5.41) is 13.0. The van der Waals surface area contributed by atoms with Gasteiger partial charge in [0.1, 0.15) is 5.82 Å². The molecule has 1 atom stereocenters. The van der Waals surface area contributed by atoms with E-state index in [-0.39, 0.29) is 35.6 Å². The summed E-state index contributed by atoms with van der Waals surface area (Å²) in [5.74, 6) is 0.321. The number of carbonyl (C=O) groups excluding carboxylic acids is 2. The van der Waals surface area contributed by atoms with Crippen molar-refractivity contribution in [3.63, 3.8) is 0 Å². The molecule has 2 N–H and O–H groups in total. The van der Waals surface area contributed by atoms with E-state index in [4.69, 9.17) is 9.97 Å². The first kappa shape index (κ1) is 30.0. The lowest BCUT2D eigenvalue weighted by Crippen LogP contribution is -2.44. The van der Waals surface area contributed by atoms with Gasteiger partial charge in [0.2, 0.25) is 5.91 Å². The van der Waals surface area contributed by atoms with Crippen LogP contribution in [-0.4, -0.2) is 88.7 Å². The summed E-state index contributed by atoms with van der Waals surface area (Å²) in [6.45, 7) is 3.57. The first-order valence-electron chi connectivity index (χ1n) is 14.0. The fourth-order valence-corrected chi connectivity index (χ4v) is 5.65. The highest BCUT2D eigenvalue weighted by molar-refractivity contribution is 7.90. The number of β-amino-alcohol motifs (C(OH)–C–C–N with tert-alkyl or cyclic N) is 1. The lowest BCUT2D eigenvalue weighted by atomic mass is 10.1. The van der Waals surface area contributed by atoms with Gasteiger partial charge in [0, 0.05) is 62.3 Å². The van der Waals surface area contributed by atoms with Crippen molar-refractivity contribution in [3.05, 3.63) is 72.3 Å². The van der Waals surface area contributed by atoms with Crippen LogP contribution in [0.4, 0.5) is 5.82 Å². The lowest BCUT2D eigenvalue weighted by molar-refractivity contribution is -0.133. The van der Waals surface area contributed by atoms with Gasteiger partial charge in [-0.3, -0.25) is 19.6 Å². The van der Waals surface area contributed by atoms with Crippen LogP contribution >= 0.6 is 0 Å². The number of aromatic nitrogens is 4. The SMILES string of the molecule is CC[C@H]1CN(c2cccc(-c3ccc4cnc(CNC(=O)c5cncc(S(C)(=O)=O)c5)cc4n3)n2)CCC(=O)N1CCO. The van der Waals surface area contributed by atoms with Crippen LogP contribution in [0.2, 0.25) is 0 Å². The molecule has 1 saturated heterocycles. The second kappa shape index (κ2) is 12.8. The van der Waals surface area contributed by atoms with E-state index in [2.05, 4.69) is 20.2 Å². The van der Waals surface area contributed by atoms with Gasteiger partial charge >= 0.3 is 0 Å². The van der Waals surface area contributed by atoms with Gasteiger partial charge in [0.25, 0.3) is 5.91 Å². The molecule has 0 spiro atoms. The molecule has 0 radical (unpaired) electrons. The molecule has 1 aliphatic heterocycles. The average molecular weight is 604 g/mol. The third kappa shape index (κ3) is 6.95. The Hall–Kier alpha value is -4.49. The first-order chi connectivity index (χ1) is 20.7. The van der Waals surface area contributed by atoms with Crippen molar-refractivity contribution in [2.24, 2.45) is 0 Å². The normalized spacial score (nSPS) is 15.9. The minimum absolute atomic E-state index is 0.0160. The molecule has 4 aromatic heterocycles. The molecule has 1 fully saturated rings. The zero-order valence-corrected chi connectivity index (χ0v) is 24.8. The Labute approximate surface area is 249 Å². The van der Waals surface area contributed by atoms with Crippen LogP contribution in [0.3, 0.4) is 0 Å². The molecule has 0 aliphatic carbocycles. The number of nitrogens with one attached hydrogen (secondary N) is 1. The van der Waals surface area contributed by atoms with E-state index in [1.165, 1.54) is 18.5 Å². The average Bonchev–Trinajstić information content (AvgIpc) is 3.17. The van der Waals surface area contributed by atoms with Crippen LogP contribution in [-0.2, 0) is 21.2 Å². The Morgan fingerprint density at radius 1 is 1.09 bits per heavy atom. The number of aliphatic hydroxyl groups excluding tert-OH is 1. The number of sulfone groups is 1. The number of fused-ring (bicyclic) bond motifs is 1. The summed E-state index contributed by atoms with van der Waals surface area (Å²) in [5.41, 5.74) is 2.73. The highest BCUT2D eigenvalue weighted by Gasteiger charge is 2.29. The van der Waals surface area contributed by atoms with Gasteiger partial charge in [-0.05, 0) is 42.8 Å². The van der Waals surface area contributed by atoms with Crippen LogP contribution in [0.1, 0.15) is 35.8 Å². The van der Waals surface area contributed by atoms with Gasteiger partial charge in [-0.15, -0.1) is 0 Å². The first-order valence-corrected chi connectivity index (χ1v) is 15.9. The van der Waals surface area contributed by atoms with Crippen molar-refractivity contribution in [1.29, 1.82) is 0 Å². The minimum Gasteiger partial charge on any atom is -0.395 e. The maximum absolute atomic E-state index is 12.7. The Balaban J connectivity index is 1.33. The number of anilines is 1. The van der Waals surface area contributed by atoms with E-state index in [1.54, 1.807) is 17.2 Å². The number of carbonyl (C=O) groups is 2. The van der Waals surface area contributed by atoms with Crippen molar-refractivity contribution in [1.82, 2.24) is 30.2 Å². The summed E-state index contributed by atoms with van der Waals surface area (Å²) in [4.78, 5) is 47.2. The molecule has 0 saturated carbocycles. The Morgan fingerprint density at radius 3 is 2.67 bits per heavy atom. The van der Waals surface area contributed by atoms with E-state index in [0.717, 1.165) is 23.9 Å². The summed E-state index contributed by atoms with van der Waals surface area (Å²) in [7, 11) is -3.49. The van der Waals surface area contributed by atoms with E-state index >= 15 is 0 Å². The number of amides is 2. The van der Waals surface area contributed by atoms with Crippen molar-refractivity contribution in [2.45, 2.75) is 37.2 Å². The second-order valence-electron chi connectivity index (χ2n) is 10.4. The van der Waals surface area contributed by atoms with Crippen molar-refractivity contribution in [3.8, 4) is 11.4 Å². The van der Waals surface area contributed by atoms with Gasteiger partial charge in [-0.2, -0.15) is 0 Å². The molecule has 4 aromatic rings. The van der Waals surface area contributed by atoms with Crippen molar-refractivity contribution < 1.29 is 23.1 Å². The molecular weight excluding hydrogens is 570 g/mol. The molecule has 12 nitrogen and oxygen atoms in total. The Morgan fingerprint density at radius 2 is 1.91 bits per heavy atom. The minimum atomic E-state index is -3.49. The molecular formula is C30H33N7O5S. The number of aliphatic hydroxyl groups is 1. The zero-order valence-electron chi connectivity index (χ0n) is 24.0. The molecule has 1 aliphatic rings. The smallest absolute Gasteiger partial charge is 0.253 e. The third-order valence-corrected chi connectivity index (χ3v) is 8.46. The Kier molecular flexibility index (Phi) is 8.92. The molecule has 13 heteroatoms. The standard InChI is InChI=1S/C30H33N7O5S/c1-3-23-19-36(10-9-29(39)37(23)11-12-38)28-6-4-5-25(35-28)26-8-7-20-16-32-22(14-27(20)34-26)17-33-30(40)21-13-24(18-31-15-21)43(2,41)42/h4-8,13-16,18,23,38H,3,9-12,17,19H2,1-2H3,(H,33,40)/t23-/m0/s1. The second-order valence-corrected chi connectivity index (χ2v) is 12.4. The highest BCUT2D eigenvalue weighted by atomic mass is 32.2. The number of hydrogen-bond donors (Lipinski definition) is 2. The molecule has 0 aromatic carbocycles. The predicted molar refractivity (Wildman–Crippen MR) is 161 cm³/mol. The van der Waals surface area contributed by atoms with Gasteiger partial charge in [0.05, 0.1) is 46.2 Å². The molecule has 224 valence electrons. The van der Waals surface area contributed by atoms with Crippen LogP contribution in [0.5, 0.6) is 0 Å². The molecule has 0 unspecified atom stereocenters. The largest absolute Gasteiger partial charge is 0.395 e.